The van der Waals surface area contributed by atoms with Crippen molar-refractivity contribution in [2.24, 2.45) is 5.41 Å². The van der Waals surface area contributed by atoms with E-state index >= 15 is 0 Å². The van der Waals surface area contributed by atoms with Gasteiger partial charge in [-0.1, -0.05) is 40.0 Å². The van der Waals surface area contributed by atoms with Gasteiger partial charge in [0.15, 0.2) is 0 Å². The van der Waals surface area contributed by atoms with Crippen LogP contribution in [0, 0.1) is 5.41 Å². The molecule has 0 amide bonds. The Kier molecular flexibility index (Phi) is 7.25. The van der Waals surface area contributed by atoms with Crippen molar-refractivity contribution in [1.29, 1.82) is 0 Å². The van der Waals surface area contributed by atoms with Gasteiger partial charge in [-0.15, -0.1) is 0 Å². The molecule has 108 valence electrons. The third-order valence-electron chi connectivity index (χ3n) is 4.12. The van der Waals surface area contributed by atoms with Gasteiger partial charge in [0.2, 0.25) is 0 Å². The fourth-order valence-corrected chi connectivity index (χ4v) is 2.80. The molecule has 18 heavy (non-hydrogen) atoms. The molecule has 0 unspecified atom stereocenters. The Morgan fingerprint density at radius 1 is 1.00 bits per heavy atom. The minimum Gasteiger partial charge on any atom is -0.317 e. The van der Waals surface area contributed by atoms with Crippen LogP contribution in [0.4, 0.5) is 0 Å². The predicted octanol–water partition coefficient (Wildman–Crippen LogP) is 3.67. The quantitative estimate of drug-likeness (QED) is 0.697. The number of hydrogen-bond donors (Lipinski definition) is 1. The summed E-state index contributed by atoms with van der Waals surface area (Å²) in [6.45, 7) is 10.7. The Morgan fingerprint density at radius 2 is 1.61 bits per heavy atom. The zero-order valence-electron chi connectivity index (χ0n) is 13.1. The van der Waals surface area contributed by atoms with E-state index in [1.807, 2.05) is 0 Å². The van der Waals surface area contributed by atoms with E-state index in [0.29, 0.717) is 5.41 Å². The van der Waals surface area contributed by atoms with Crippen molar-refractivity contribution in [2.45, 2.75) is 71.8 Å². The van der Waals surface area contributed by atoms with Crippen molar-refractivity contribution in [2.75, 3.05) is 26.7 Å². The topological polar surface area (TPSA) is 15.3 Å². The summed E-state index contributed by atoms with van der Waals surface area (Å²) in [6, 6.07) is 0.834. The molecule has 1 heterocycles. The van der Waals surface area contributed by atoms with E-state index in [9.17, 15) is 0 Å². The van der Waals surface area contributed by atoms with Crippen molar-refractivity contribution in [3.8, 4) is 0 Å². The molecule has 0 atom stereocenters. The van der Waals surface area contributed by atoms with Gasteiger partial charge in [-0.3, -0.25) is 0 Å². The molecule has 0 radical (unpaired) electrons. The summed E-state index contributed by atoms with van der Waals surface area (Å²) >= 11 is 0. The Balaban J connectivity index is 1.96. The van der Waals surface area contributed by atoms with Crippen LogP contribution in [-0.4, -0.2) is 37.6 Å². The van der Waals surface area contributed by atoms with Crippen LogP contribution in [0.15, 0.2) is 0 Å². The van der Waals surface area contributed by atoms with Gasteiger partial charge in [-0.05, 0) is 57.8 Å². The zero-order valence-corrected chi connectivity index (χ0v) is 13.1. The highest BCUT2D eigenvalue weighted by Crippen LogP contribution is 2.22. The summed E-state index contributed by atoms with van der Waals surface area (Å²) in [4.78, 5) is 2.59. The van der Waals surface area contributed by atoms with Crippen molar-refractivity contribution in [1.82, 2.24) is 10.2 Å². The summed E-state index contributed by atoms with van der Waals surface area (Å²) in [5, 5.41) is 3.44. The van der Waals surface area contributed by atoms with Crippen LogP contribution in [-0.2, 0) is 0 Å². The van der Waals surface area contributed by atoms with Gasteiger partial charge < -0.3 is 10.2 Å². The molecule has 0 aromatic heterocycles. The molecule has 1 aliphatic rings. The number of nitrogens with zero attached hydrogens (tertiary/aromatic N) is 1. The van der Waals surface area contributed by atoms with Gasteiger partial charge in [0.25, 0.3) is 0 Å². The van der Waals surface area contributed by atoms with Gasteiger partial charge in [0, 0.05) is 6.04 Å². The monoisotopic (exact) mass is 254 g/mol. The largest absolute Gasteiger partial charge is 0.317 e. The molecule has 1 saturated heterocycles. The van der Waals surface area contributed by atoms with Gasteiger partial charge in [0.05, 0.1) is 0 Å². The Bertz CT molecular complexity index is 202. The SMILES string of the molecule is CN(CCCCCCC(C)(C)C)C1CCNCC1. The van der Waals surface area contributed by atoms with E-state index in [1.54, 1.807) is 0 Å². The smallest absolute Gasteiger partial charge is 0.0116 e. The Morgan fingerprint density at radius 3 is 2.22 bits per heavy atom. The first-order valence-corrected chi connectivity index (χ1v) is 7.90. The molecule has 2 nitrogen and oxygen atoms in total. The van der Waals surface area contributed by atoms with Crippen LogP contribution in [0.1, 0.15) is 65.7 Å². The lowest BCUT2D eigenvalue weighted by atomic mass is 9.89. The molecule has 0 spiro atoms. The minimum absolute atomic E-state index is 0.520. The number of rotatable bonds is 7. The Hall–Kier alpha value is -0.0800. The van der Waals surface area contributed by atoms with E-state index in [1.165, 1.54) is 64.6 Å². The minimum atomic E-state index is 0.520. The summed E-state index contributed by atoms with van der Waals surface area (Å²) in [5.74, 6) is 0. The van der Waals surface area contributed by atoms with Crippen LogP contribution in [0.5, 0.6) is 0 Å². The van der Waals surface area contributed by atoms with E-state index < -0.39 is 0 Å². The van der Waals surface area contributed by atoms with E-state index in [-0.39, 0.29) is 0 Å². The molecule has 0 saturated carbocycles. The van der Waals surface area contributed by atoms with Gasteiger partial charge >= 0.3 is 0 Å². The van der Waals surface area contributed by atoms with Crippen molar-refractivity contribution >= 4 is 0 Å². The van der Waals surface area contributed by atoms with Crippen LogP contribution in [0.25, 0.3) is 0 Å². The molecule has 0 bridgehead atoms. The molecule has 0 aromatic carbocycles. The Labute approximate surface area is 115 Å². The number of piperidine rings is 1. The summed E-state index contributed by atoms with van der Waals surface area (Å²) in [5.41, 5.74) is 0.520. The molecular formula is C16H34N2. The van der Waals surface area contributed by atoms with E-state index in [4.69, 9.17) is 0 Å². The highest BCUT2D eigenvalue weighted by molar-refractivity contribution is 4.75. The zero-order chi connectivity index (χ0) is 13.4. The molecule has 1 rings (SSSR count). The highest BCUT2D eigenvalue weighted by Gasteiger charge is 2.16. The van der Waals surface area contributed by atoms with Gasteiger partial charge in [-0.25, -0.2) is 0 Å². The molecule has 2 heteroatoms. The molecule has 0 aliphatic carbocycles. The van der Waals surface area contributed by atoms with Crippen LogP contribution in [0.3, 0.4) is 0 Å². The lowest BCUT2D eigenvalue weighted by Crippen LogP contribution is -2.41. The first-order chi connectivity index (χ1) is 8.49. The second-order valence-corrected chi connectivity index (χ2v) is 7.19. The fraction of sp³-hybridized carbons (Fsp3) is 1.00. The lowest BCUT2D eigenvalue weighted by molar-refractivity contribution is 0.195. The maximum Gasteiger partial charge on any atom is 0.0116 e. The standard InChI is InChI=1S/C16H34N2/c1-16(2,3)11-7-5-6-8-14-18(4)15-9-12-17-13-10-15/h15,17H,5-14H2,1-4H3. The predicted molar refractivity (Wildman–Crippen MR) is 81.1 cm³/mol. The normalized spacial score (nSPS) is 18.5. The number of unbranched alkanes of at least 4 members (excludes halogenated alkanes) is 3. The molecule has 1 N–H and O–H groups in total. The van der Waals surface area contributed by atoms with Crippen molar-refractivity contribution in [3.05, 3.63) is 0 Å². The van der Waals surface area contributed by atoms with Crippen LogP contribution >= 0.6 is 0 Å². The third-order valence-corrected chi connectivity index (χ3v) is 4.12. The molecular weight excluding hydrogens is 220 g/mol. The molecule has 0 aromatic rings. The average Bonchev–Trinajstić information content (AvgIpc) is 2.33. The lowest BCUT2D eigenvalue weighted by Gasteiger charge is -2.31. The average molecular weight is 254 g/mol. The highest BCUT2D eigenvalue weighted by atomic mass is 15.1. The summed E-state index contributed by atoms with van der Waals surface area (Å²) in [7, 11) is 2.31. The van der Waals surface area contributed by atoms with Crippen molar-refractivity contribution in [3.63, 3.8) is 0 Å². The van der Waals surface area contributed by atoms with Crippen molar-refractivity contribution < 1.29 is 0 Å². The van der Waals surface area contributed by atoms with Crippen LogP contribution < -0.4 is 5.32 Å². The summed E-state index contributed by atoms with van der Waals surface area (Å²) in [6.07, 6.45) is 9.64. The third kappa shape index (κ3) is 7.38. The molecule has 1 fully saturated rings. The molecule has 1 aliphatic heterocycles. The summed E-state index contributed by atoms with van der Waals surface area (Å²) < 4.78 is 0. The first-order valence-electron chi connectivity index (χ1n) is 7.90. The maximum absolute atomic E-state index is 3.44. The fourth-order valence-electron chi connectivity index (χ4n) is 2.80. The van der Waals surface area contributed by atoms with Gasteiger partial charge in [-0.2, -0.15) is 0 Å². The van der Waals surface area contributed by atoms with E-state index in [0.717, 1.165) is 6.04 Å². The number of hydrogen-bond acceptors (Lipinski definition) is 2. The van der Waals surface area contributed by atoms with E-state index in [2.05, 4.69) is 38.0 Å². The van der Waals surface area contributed by atoms with Gasteiger partial charge in [0.1, 0.15) is 0 Å². The second kappa shape index (κ2) is 8.16. The first kappa shape index (κ1) is 16.0. The van der Waals surface area contributed by atoms with Crippen LogP contribution in [0.2, 0.25) is 0 Å². The maximum atomic E-state index is 3.44. The number of nitrogens with one attached hydrogen (secondary N) is 1. The second-order valence-electron chi connectivity index (χ2n) is 7.19.